The lowest BCUT2D eigenvalue weighted by Gasteiger charge is -2.17. The minimum Gasteiger partial charge on any atom is -0.496 e. The highest BCUT2D eigenvalue weighted by atomic mass is 35.5. The molecule has 1 aliphatic rings. The Morgan fingerprint density at radius 2 is 2.08 bits per heavy atom. The third-order valence-corrected chi connectivity index (χ3v) is 5.87. The van der Waals surface area contributed by atoms with Gasteiger partial charge >= 0.3 is 0 Å². The Hall–Kier alpha value is -1.96. The zero-order valence-electron chi connectivity index (χ0n) is 13.0. The average molecular weight is 401 g/mol. The number of halogens is 2. The first-order chi connectivity index (χ1) is 11.9. The summed E-state index contributed by atoms with van der Waals surface area (Å²) in [5.74, 6) is 0.962. The minimum absolute atomic E-state index is 0.0580. The van der Waals surface area contributed by atoms with Crippen LogP contribution in [0.3, 0.4) is 0 Å². The molecular formula is C16H14Cl2N2O4S. The summed E-state index contributed by atoms with van der Waals surface area (Å²) in [5, 5.41) is -1.04. The van der Waals surface area contributed by atoms with Crippen LogP contribution in [-0.2, 0) is 10.0 Å². The van der Waals surface area contributed by atoms with E-state index in [2.05, 4.69) is 9.71 Å². The number of benzene rings is 1. The topological polar surface area (TPSA) is 81.4 Å². The third-order valence-electron chi connectivity index (χ3n) is 3.53. The molecule has 132 valence electrons. The molecular weight excluding hydrogens is 387 g/mol. The fourth-order valence-corrected chi connectivity index (χ4v) is 3.88. The van der Waals surface area contributed by atoms with Gasteiger partial charge < -0.3 is 9.15 Å². The summed E-state index contributed by atoms with van der Waals surface area (Å²) in [6.45, 7) is 0. The van der Waals surface area contributed by atoms with Crippen molar-refractivity contribution in [3.63, 3.8) is 0 Å². The molecule has 25 heavy (non-hydrogen) atoms. The Kier molecular flexibility index (Phi) is 5.08. The van der Waals surface area contributed by atoms with Crippen LogP contribution in [-0.4, -0.2) is 31.3 Å². The number of oxazole rings is 1. The fraction of sp³-hybridized carbons (Fsp3) is 0.188. The number of hydrogen-bond donors (Lipinski definition) is 1. The predicted octanol–water partition coefficient (Wildman–Crippen LogP) is 3.76. The molecule has 0 fully saturated rings. The number of hydrogen-bond acceptors (Lipinski definition) is 5. The molecule has 1 N–H and O–H groups in total. The molecule has 2 unspecified atom stereocenters. The van der Waals surface area contributed by atoms with Crippen LogP contribution in [0.25, 0.3) is 11.3 Å². The van der Waals surface area contributed by atoms with E-state index in [0.29, 0.717) is 22.8 Å². The number of sulfonamides is 1. The molecule has 6 nitrogen and oxygen atoms in total. The maximum Gasteiger partial charge on any atom is 0.261 e. The van der Waals surface area contributed by atoms with Gasteiger partial charge in [0.1, 0.15) is 5.75 Å². The maximum atomic E-state index is 12.5. The first-order valence-electron chi connectivity index (χ1n) is 7.18. The van der Waals surface area contributed by atoms with E-state index in [-0.39, 0.29) is 4.91 Å². The van der Waals surface area contributed by atoms with Crippen molar-refractivity contribution in [3.05, 3.63) is 53.9 Å². The highest BCUT2D eigenvalue weighted by Gasteiger charge is 2.24. The predicted molar refractivity (Wildman–Crippen MR) is 97.5 cm³/mol. The van der Waals surface area contributed by atoms with Crippen LogP contribution in [0, 0.1) is 0 Å². The maximum absolute atomic E-state index is 12.5. The van der Waals surface area contributed by atoms with E-state index in [0.717, 1.165) is 0 Å². The second kappa shape index (κ2) is 7.11. The van der Waals surface area contributed by atoms with E-state index in [1.165, 1.54) is 25.7 Å². The van der Waals surface area contributed by atoms with Crippen LogP contribution < -0.4 is 9.46 Å². The van der Waals surface area contributed by atoms with Gasteiger partial charge in [0, 0.05) is 6.07 Å². The second-order valence-electron chi connectivity index (χ2n) is 5.20. The number of alkyl halides is 2. The number of ether oxygens (including phenoxy) is 1. The van der Waals surface area contributed by atoms with Gasteiger partial charge in [0.25, 0.3) is 10.0 Å². The summed E-state index contributed by atoms with van der Waals surface area (Å²) >= 11 is 11.9. The van der Waals surface area contributed by atoms with Gasteiger partial charge in [-0.05, 0) is 24.3 Å². The summed E-state index contributed by atoms with van der Waals surface area (Å²) in [6.07, 6.45) is 7.23. The van der Waals surface area contributed by atoms with Crippen LogP contribution >= 0.6 is 23.2 Å². The number of anilines is 1. The van der Waals surface area contributed by atoms with Crippen molar-refractivity contribution in [1.82, 2.24) is 4.98 Å². The van der Waals surface area contributed by atoms with Gasteiger partial charge in [-0.15, -0.1) is 23.2 Å². The molecule has 1 heterocycles. The largest absolute Gasteiger partial charge is 0.496 e. The van der Waals surface area contributed by atoms with Crippen molar-refractivity contribution in [2.24, 2.45) is 0 Å². The molecule has 0 bridgehead atoms. The first kappa shape index (κ1) is 17.8. The molecule has 0 spiro atoms. The van der Waals surface area contributed by atoms with Crippen LogP contribution in [0.4, 0.5) is 5.69 Å². The molecule has 0 radical (unpaired) electrons. The van der Waals surface area contributed by atoms with Gasteiger partial charge in [0.05, 0.1) is 40.2 Å². The standard InChI is InChI=1S/C16H14Cl2N2O4S/c1-23-15-6-10(2-4-12(15)16-8-19-9-24-16)20-25(21,22)11-3-5-13(17)14(18)7-11/h2-9,13-14,20H,1H3. The molecule has 0 saturated carbocycles. The van der Waals surface area contributed by atoms with Crippen LogP contribution in [0.1, 0.15) is 0 Å². The second-order valence-corrected chi connectivity index (χ2v) is 7.89. The van der Waals surface area contributed by atoms with E-state index in [9.17, 15) is 8.42 Å². The van der Waals surface area contributed by atoms with Gasteiger partial charge in [0.15, 0.2) is 12.2 Å². The molecule has 0 aliphatic heterocycles. The van der Waals surface area contributed by atoms with Crippen molar-refractivity contribution < 1.29 is 17.6 Å². The van der Waals surface area contributed by atoms with Crippen molar-refractivity contribution >= 4 is 38.9 Å². The van der Waals surface area contributed by atoms with E-state index in [1.807, 2.05) is 0 Å². The third kappa shape index (κ3) is 3.84. The number of aromatic nitrogens is 1. The number of rotatable bonds is 5. The van der Waals surface area contributed by atoms with Crippen LogP contribution in [0.15, 0.2) is 58.3 Å². The normalized spacial score (nSPS) is 20.2. The lowest BCUT2D eigenvalue weighted by molar-refractivity contribution is 0.415. The van der Waals surface area contributed by atoms with E-state index >= 15 is 0 Å². The Balaban J connectivity index is 1.88. The quantitative estimate of drug-likeness (QED) is 0.772. The molecule has 2 atom stereocenters. The van der Waals surface area contributed by atoms with Gasteiger partial charge in [-0.25, -0.2) is 13.4 Å². The lowest BCUT2D eigenvalue weighted by atomic mass is 10.1. The highest BCUT2D eigenvalue weighted by Crippen LogP contribution is 2.33. The lowest BCUT2D eigenvalue weighted by Crippen LogP contribution is -2.20. The highest BCUT2D eigenvalue weighted by molar-refractivity contribution is 7.96. The SMILES string of the molecule is COc1cc(NS(=O)(=O)C2=CC(Cl)C(Cl)C=C2)ccc1-c1cnco1. The molecule has 1 aliphatic carbocycles. The Morgan fingerprint density at radius 1 is 1.28 bits per heavy atom. The van der Waals surface area contributed by atoms with Gasteiger partial charge in [-0.1, -0.05) is 6.08 Å². The Morgan fingerprint density at radius 3 is 2.72 bits per heavy atom. The first-order valence-corrected chi connectivity index (χ1v) is 9.54. The Labute approximate surface area is 155 Å². The van der Waals surface area contributed by atoms with E-state index < -0.39 is 20.8 Å². The molecule has 2 aromatic rings. The van der Waals surface area contributed by atoms with Gasteiger partial charge in [-0.2, -0.15) is 0 Å². The van der Waals surface area contributed by atoms with E-state index in [1.54, 1.807) is 30.5 Å². The summed E-state index contributed by atoms with van der Waals surface area (Å²) < 4.78 is 38.1. The number of nitrogens with zero attached hydrogens (tertiary/aromatic N) is 1. The van der Waals surface area contributed by atoms with Crippen molar-refractivity contribution in [1.29, 1.82) is 0 Å². The van der Waals surface area contributed by atoms with Gasteiger partial charge in [-0.3, -0.25) is 4.72 Å². The molecule has 1 aromatic heterocycles. The molecule has 1 aromatic carbocycles. The average Bonchev–Trinajstić information content (AvgIpc) is 3.11. The van der Waals surface area contributed by atoms with Crippen molar-refractivity contribution in [2.75, 3.05) is 11.8 Å². The molecule has 0 saturated heterocycles. The smallest absolute Gasteiger partial charge is 0.261 e. The zero-order chi connectivity index (χ0) is 18.0. The number of methoxy groups -OCH3 is 1. The fourth-order valence-electron chi connectivity index (χ4n) is 2.30. The summed E-state index contributed by atoms with van der Waals surface area (Å²) in [6, 6.07) is 4.85. The van der Waals surface area contributed by atoms with Crippen molar-refractivity contribution in [3.8, 4) is 17.1 Å². The Bertz CT molecular complexity index is 924. The van der Waals surface area contributed by atoms with Crippen LogP contribution in [0.5, 0.6) is 5.75 Å². The number of allylic oxidation sites excluding steroid dienone is 3. The minimum atomic E-state index is -3.79. The molecule has 9 heteroatoms. The van der Waals surface area contributed by atoms with Crippen molar-refractivity contribution in [2.45, 2.75) is 10.8 Å². The molecule has 3 rings (SSSR count). The summed E-state index contributed by atoms with van der Waals surface area (Å²) in [7, 11) is -2.31. The van der Waals surface area contributed by atoms with E-state index in [4.69, 9.17) is 32.4 Å². The number of nitrogens with one attached hydrogen (secondary N) is 1. The summed E-state index contributed by atoms with van der Waals surface area (Å²) in [5.41, 5.74) is 0.999. The zero-order valence-corrected chi connectivity index (χ0v) is 15.3. The monoisotopic (exact) mass is 400 g/mol. The summed E-state index contributed by atoms with van der Waals surface area (Å²) in [4.78, 5) is 3.92. The molecule has 0 amide bonds. The van der Waals surface area contributed by atoms with Gasteiger partial charge in [0.2, 0.25) is 0 Å². The van der Waals surface area contributed by atoms with Crippen LogP contribution in [0.2, 0.25) is 0 Å².